The second-order valence-corrected chi connectivity index (χ2v) is 6.42. The number of carbonyl (C=O) groups is 2. The van der Waals surface area contributed by atoms with Crippen molar-refractivity contribution < 1.29 is 14.3 Å². The molecule has 0 unspecified atom stereocenters. The van der Waals surface area contributed by atoms with Crippen LogP contribution < -0.4 is 10.5 Å². The molecule has 3 rings (SSSR count). The lowest BCUT2D eigenvalue weighted by Gasteiger charge is -2.08. The van der Waals surface area contributed by atoms with Crippen molar-refractivity contribution in [2.24, 2.45) is 5.73 Å². The molecular formula is C19H15N3O3S. The van der Waals surface area contributed by atoms with Gasteiger partial charge in [-0.1, -0.05) is 11.8 Å². The molecule has 1 aromatic carbocycles. The van der Waals surface area contributed by atoms with Crippen molar-refractivity contribution in [2.45, 2.75) is 16.4 Å². The maximum Gasteiger partial charge on any atom is 0.267 e. The lowest BCUT2D eigenvalue weighted by molar-refractivity contribution is 0.0995. The predicted octanol–water partition coefficient (Wildman–Crippen LogP) is 3.12. The van der Waals surface area contributed by atoms with E-state index in [4.69, 9.17) is 10.5 Å². The lowest BCUT2D eigenvalue weighted by atomic mass is 10.2. The SMILES string of the molecule is NC(=O)c1cc(COc2ccc(Sc3ccncc3C=O)cc2)ccn1. The molecule has 7 heteroatoms. The molecule has 1 amide bonds. The van der Waals surface area contributed by atoms with Gasteiger partial charge in [0.2, 0.25) is 0 Å². The molecule has 2 N–H and O–H groups in total. The Kier molecular flexibility index (Phi) is 5.60. The summed E-state index contributed by atoms with van der Waals surface area (Å²) in [6, 6.07) is 12.7. The molecule has 2 heterocycles. The van der Waals surface area contributed by atoms with Crippen LogP contribution in [0.15, 0.2) is 70.8 Å². The van der Waals surface area contributed by atoms with E-state index in [9.17, 15) is 9.59 Å². The molecule has 0 spiro atoms. The molecule has 0 aliphatic heterocycles. The smallest absolute Gasteiger partial charge is 0.267 e. The molecule has 130 valence electrons. The third-order valence-electron chi connectivity index (χ3n) is 3.47. The molecule has 0 atom stereocenters. The molecule has 0 saturated carbocycles. The van der Waals surface area contributed by atoms with E-state index < -0.39 is 5.91 Å². The number of hydrogen-bond donors (Lipinski definition) is 1. The van der Waals surface area contributed by atoms with E-state index in [0.717, 1.165) is 21.6 Å². The van der Waals surface area contributed by atoms with Crippen LogP contribution in [-0.4, -0.2) is 22.2 Å². The van der Waals surface area contributed by atoms with E-state index in [1.54, 1.807) is 30.6 Å². The number of nitrogens with two attached hydrogens (primary N) is 1. The van der Waals surface area contributed by atoms with Crippen molar-refractivity contribution in [2.75, 3.05) is 0 Å². The average molecular weight is 365 g/mol. The van der Waals surface area contributed by atoms with Gasteiger partial charge in [0, 0.05) is 33.9 Å². The largest absolute Gasteiger partial charge is 0.489 e. The number of nitrogens with zero attached hydrogens (tertiary/aromatic N) is 2. The highest BCUT2D eigenvalue weighted by Crippen LogP contribution is 2.30. The van der Waals surface area contributed by atoms with Gasteiger partial charge >= 0.3 is 0 Å². The summed E-state index contributed by atoms with van der Waals surface area (Å²) in [5, 5.41) is 0. The van der Waals surface area contributed by atoms with E-state index >= 15 is 0 Å². The Morgan fingerprint density at radius 3 is 2.69 bits per heavy atom. The summed E-state index contributed by atoms with van der Waals surface area (Å²) in [6.07, 6.45) is 5.52. The van der Waals surface area contributed by atoms with Gasteiger partial charge in [-0.15, -0.1) is 0 Å². The van der Waals surface area contributed by atoms with E-state index in [2.05, 4.69) is 9.97 Å². The first-order valence-electron chi connectivity index (χ1n) is 7.70. The van der Waals surface area contributed by atoms with Gasteiger partial charge in [-0.3, -0.25) is 19.6 Å². The van der Waals surface area contributed by atoms with Gasteiger partial charge in [-0.25, -0.2) is 0 Å². The zero-order valence-corrected chi connectivity index (χ0v) is 14.5. The fraction of sp³-hybridized carbons (Fsp3) is 0.0526. The van der Waals surface area contributed by atoms with Gasteiger partial charge in [0.05, 0.1) is 0 Å². The van der Waals surface area contributed by atoms with E-state index in [1.807, 2.05) is 24.3 Å². The molecule has 2 aromatic heterocycles. The first-order valence-corrected chi connectivity index (χ1v) is 8.52. The first kappa shape index (κ1) is 17.6. The highest BCUT2D eigenvalue weighted by molar-refractivity contribution is 7.99. The minimum atomic E-state index is -0.570. The lowest BCUT2D eigenvalue weighted by Crippen LogP contribution is -2.13. The van der Waals surface area contributed by atoms with Crippen molar-refractivity contribution in [1.82, 2.24) is 9.97 Å². The van der Waals surface area contributed by atoms with Crippen LogP contribution in [0.25, 0.3) is 0 Å². The minimum absolute atomic E-state index is 0.209. The summed E-state index contributed by atoms with van der Waals surface area (Å²) in [7, 11) is 0. The van der Waals surface area contributed by atoms with Crippen LogP contribution in [0.5, 0.6) is 5.75 Å². The number of pyridine rings is 2. The fourth-order valence-electron chi connectivity index (χ4n) is 2.17. The molecule has 26 heavy (non-hydrogen) atoms. The molecule has 0 aliphatic rings. The third-order valence-corrected chi connectivity index (χ3v) is 4.57. The molecule has 0 radical (unpaired) electrons. The van der Waals surface area contributed by atoms with Crippen LogP contribution in [0, 0.1) is 0 Å². The number of ether oxygens (including phenoxy) is 1. The quantitative estimate of drug-likeness (QED) is 0.646. The number of carbonyl (C=O) groups excluding carboxylic acids is 2. The summed E-state index contributed by atoms with van der Waals surface area (Å²) in [6.45, 7) is 0.301. The van der Waals surface area contributed by atoms with Crippen molar-refractivity contribution in [3.8, 4) is 5.75 Å². The Bertz CT molecular complexity index is 929. The molecule has 0 fully saturated rings. The van der Waals surface area contributed by atoms with Crippen LogP contribution in [-0.2, 0) is 6.61 Å². The average Bonchev–Trinajstić information content (AvgIpc) is 2.68. The Hall–Kier alpha value is -3.19. The molecule has 0 saturated heterocycles. The summed E-state index contributed by atoms with van der Waals surface area (Å²) >= 11 is 1.48. The second kappa shape index (κ2) is 8.26. The number of aromatic nitrogens is 2. The fourth-order valence-corrected chi connectivity index (χ4v) is 3.05. The molecule has 3 aromatic rings. The number of primary amides is 1. The van der Waals surface area contributed by atoms with Crippen LogP contribution in [0.2, 0.25) is 0 Å². The van der Waals surface area contributed by atoms with Crippen LogP contribution in [0.1, 0.15) is 26.4 Å². The van der Waals surface area contributed by atoms with Crippen molar-refractivity contribution in [1.29, 1.82) is 0 Å². The monoisotopic (exact) mass is 365 g/mol. The topological polar surface area (TPSA) is 95.2 Å². The third kappa shape index (κ3) is 4.46. The minimum Gasteiger partial charge on any atom is -0.489 e. The number of hydrogen-bond acceptors (Lipinski definition) is 6. The van der Waals surface area contributed by atoms with Gasteiger partial charge in [-0.05, 0) is 48.0 Å². The zero-order chi connectivity index (χ0) is 18.4. The predicted molar refractivity (Wildman–Crippen MR) is 97.3 cm³/mol. The number of amides is 1. The Morgan fingerprint density at radius 1 is 1.15 bits per heavy atom. The summed E-state index contributed by atoms with van der Waals surface area (Å²) < 4.78 is 5.72. The van der Waals surface area contributed by atoms with Crippen LogP contribution in [0.4, 0.5) is 0 Å². The van der Waals surface area contributed by atoms with Gasteiger partial charge < -0.3 is 10.5 Å². The first-order chi connectivity index (χ1) is 12.7. The molecular weight excluding hydrogens is 350 g/mol. The number of benzene rings is 1. The standard InChI is InChI=1S/C19H15N3O3S/c20-19(24)17-9-13(5-8-22-17)12-25-15-1-3-16(4-2-15)26-18-6-7-21-10-14(18)11-23/h1-11H,12H2,(H2,20,24). The zero-order valence-electron chi connectivity index (χ0n) is 13.7. The van der Waals surface area contributed by atoms with Crippen LogP contribution in [0.3, 0.4) is 0 Å². The maximum absolute atomic E-state index is 11.2. The highest BCUT2D eigenvalue weighted by atomic mass is 32.2. The molecule has 6 nitrogen and oxygen atoms in total. The Morgan fingerprint density at radius 2 is 1.96 bits per heavy atom. The van der Waals surface area contributed by atoms with Crippen molar-refractivity contribution in [3.05, 3.63) is 77.9 Å². The number of rotatable bonds is 7. The summed E-state index contributed by atoms with van der Waals surface area (Å²) in [5.41, 5.74) is 6.79. The van der Waals surface area contributed by atoms with Gasteiger partial charge in [-0.2, -0.15) is 0 Å². The normalized spacial score (nSPS) is 10.3. The van der Waals surface area contributed by atoms with E-state index in [0.29, 0.717) is 17.9 Å². The summed E-state index contributed by atoms with van der Waals surface area (Å²) in [5.74, 6) is 0.121. The number of aldehydes is 1. The summed E-state index contributed by atoms with van der Waals surface area (Å²) in [4.78, 5) is 31.9. The van der Waals surface area contributed by atoms with Crippen molar-refractivity contribution >= 4 is 24.0 Å². The van der Waals surface area contributed by atoms with Gasteiger partial charge in [0.15, 0.2) is 6.29 Å². The highest BCUT2D eigenvalue weighted by Gasteiger charge is 2.06. The van der Waals surface area contributed by atoms with Crippen molar-refractivity contribution in [3.63, 3.8) is 0 Å². The molecule has 0 bridgehead atoms. The Labute approximate surface area is 154 Å². The van der Waals surface area contributed by atoms with E-state index in [-0.39, 0.29) is 5.69 Å². The van der Waals surface area contributed by atoms with Gasteiger partial charge in [0.25, 0.3) is 5.91 Å². The maximum atomic E-state index is 11.2. The van der Waals surface area contributed by atoms with E-state index in [1.165, 1.54) is 18.0 Å². The Balaban J connectivity index is 1.64. The van der Waals surface area contributed by atoms with Gasteiger partial charge in [0.1, 0.15) is 18.1 Å². The molecule has 0 aliphatic carbocycles. The second-order valence-electron chi connectivity index (χ2n) is 5.31. The van der Waals surface area contributed by atoms with Crippen LogP contribution >= 0.6 is 11.8 Å².